The van der Waals surface area contributed by atoms with Crippen molar-refractivity contribution in [2.24, 2.45) is 5.84 Å². The molecule has 0 aliphatic heterocycles. The highest BCUT2D eigenvalue weighted by Gasteiger charge is 2.21. The van der Waals surface area contributed by atoms with E-state index in [-0.39, 0.29) is 11.9 Å². The van der Waals surface area contributed by atoms with Crippen LogP contribution in [-0.4, -0.2) is 9.78 Å². The van der Waals surface area contributed by atoms with Crippen LogP contribution in [0, 0.1) is 12.7 Å². The van der Waals surface area contributed by atoms with E-state index < -0.39 is 0 Å². The van der Waals surface area contributed by atoms with Crippen LogP contribution >= 0.6 is 15.9 Å². The lowest BCUT2D eigenvalue weighted by Crippen LogP contribution is -2.31. The summed E-state index contributed by atoms with van der Waals surface area (Å²) in [6.07, 6.45) is 1.72. The van der Waals surface area contributed by atoms with Gasteiger partial charge >= 0.3 is 0 Å². The van der Waals surface area contributed by atoms with E-state index in [0.717, 1.165) is 15.7 Å². The molecule has 1 unspecified atom stereocenters. The molecule has 19 heavy (non-hydrogen) atoms. The SMILES string of the molecule is CCn1ncc(Br)c1C(NN)c1ccc(C)c(F)c1. The zero-order valence-corrected chi connectivity index (χ0v) is 12.4. The maximum Gasteiger partial charge on any atom is 0.126 e. The number of hydrogen-bond donors (Lipinski definition) is 2. The Bertz CT molecular complexity index is 582. The Balaban J connectivity index is 2.49. The van der Waals surface area contributed by atoms with Crippen LogP contribution in [0.25, 0.3) is 0 Å². The quantitative estimate of drug-likeness (QED) is 0.671. The van der Waals surface area contributed by atoms with E-state index in [1.165, 1.54) is 6.07 Å². The van der Waals surface area contributed by atoms with Gasteiger partial charge in [-0.25, -0.2) is 9.82 Å². The van der Waals surface area contributed by atoms with Crippen LogP contribution in [0.1, 0.15) is 29.8 Å². The predicted molar refractivity (Wildman–Crippen MR) is 75.9 cm³/mol. The molecule has 1 aromatic carbocycles. The van der Waals surface area contributed by atoms with Crippen LogP contribution < -0.4 is 11.3 Å². The number of nitrogens with one attached hydrogen (secondary N) is 1. The van der Waals surface area contributed by atoms with Gasteiger partial charge < -0.3 is 0 Å². The smallest absolute Gasteiger partial charge is 0.126 e. The summed E-state index contributed by atoms with van der Waals surface area (Å²) in [5.41, 5.74) is 4.99. The number of rotatable bonds is 4. The Labute approximate surface area is 119 Å². The summed E-state index contributed by atoms with van der Waals surface area (Å²) in [5, 5.41) is 4.25. The van der Waals surface area contributed by atoms with Crippen molar-refractivity contribution in [2.45, 2.75) is 26.4 Å². The summed E-state index contributed by atoms with van der Waals surface area (Å²) in [4.78, 5) is 0. The molecule has 6 heteroatoms. The van der Waals surface area contributed by atoms with E-state index in [1.54, 1.807) is 19.2 Å². The van der Waals surface area contributed by atoms with Gasteiger partial charge in [-0.1, -0.05) is 12.1 Å². The third kappa shape index (κ3) is 2.70. The molecule has 0 bridgehead atoms. The third-order valence-electron chi connectivity index (χ3n) is 3.10. The normalized spacial score (nSPS) is 12.7. The Morgan fingerprint density at radius 1 is 1.53 bits per heavy atom. The average Bonchev–Trinajstić information content (AvgIpc) is 2.76. The molecule has 0 radical (unpaired) electrons. The number of nitrogens with zero attached hydrogens (tertiary/aromatic N) is 2. The van der Waals surface area contributed by atoms with Gasteiger partial charge in [0.05, 0.1) is 22.4 Å². The Morgan fingerprint density at radius 2 is 2.26 bits per heavy atom. The average molecular weight is 327 g/mol. The molecule has 4 nitrogen and oxygen atoms in total. The monoisotopic (exact) mass is 326 g/mol. The standard InChI is InChI=1S/C13H16BrFN4/c1-3-19-13(10(14)7-17-19)12(18-16)9-5-4-8(2)11(15)6-9/h4-7,12,18H,3,16H2,1-2H3. The first-order valence-corrected chi connectivity index (χ1v) is 6.81. The van der Waals surface area contributed by atoms with Gasteiger partial charge in [0, 0.05) is 6.54 Å². The lowest BCUT2D eigenvalue weighted by Gasteiger charge is -2.19. The fourth-order valence-electron chi connectivity index (χ4n) is 2.03. The lowest BCUT2D eigenvalue weighted by molar-refractivity contribution is 0.537. The van der Waals surface area contributed by atoms with E-state index in [4.69, 9.17) is 5.84 Å². The summed E-state index contributed by atoms with van der Waals surface area (Å²) < 4.78 is 16.4. The second-order valence-corrected chi connectivity index (χ2v) is 5.16. The molecule has 0 saturated heterocycles. The number of hydrazine groups is 1. The second-order valence-electron chi connectivity index (χ2n) is 4.30. The van der Waals surface area contributed by atoms with Gasteiger partial charge in [0.15, 0.2) is 0 Å². The maximum absolute atomic E-state index is 13.7. The maximum atomic E-state index is 13.7. The van der Waals surface area contributed by atoms with Gasteiger partial charge in [-0.2, -0.15) is 5.10 Å². The zero-order chi connectivity index (χ0) is 14.0. The van der Waals surface area contributed by atoms with Crippen molar-refractivity contribution in [1.29, 1.82) is 0 Å². The van der Waals surface area contributed by atoms with Crippen LogP contribution in [0.3, 0.4) is 0 Å². The van der Waals surface area contributed by atoms with E-state index >= 15 is 0 Å². The van der Waals surface area contributed by atoms with Crippen molar-refractivity contribution < 1.29 is 4.39 Å². The van der Waals surface area contributed by atoms with E-state index in [0.29, 0.717) is 12.1 Å². The molecule has 2 aromatic rings. The minimum absolute atomic E-state index is 0.239. The van der Waals surface area contributed by atoms with Gasteiger partial charge in [0.1, 0.15) is 5.82 Å². The summed E-state index contributed by atoms with van der Waals surface area (Å²) in [5.74, 6) is 5.40. The van der Waals surface area contributed by atoms with Crippen molar-refractivity contribution in [3.05, 3.63) is 51.5 Å². The van der Waals surface area contributed by atoms with Crippen molar-refractivity contribution in [2.75, 3.05) is 0 Å². The number of halogens is 2. The van der Waals surface area contributed by atoms with Crippen molar-refractivity contribution >= 4 is 15.9 Å². The molecule has 0 spiro atoms. The molecule has 1 aromatic heterocycles. The van der Waals surface area contributed by atoms with Crippen LogP contribution in [-0.2, 0) is 6.54 Å². The van der Waals surface area contributed by atoms with E-state index in [9.17, 15) is 4.39 Å². The first-order valence-electron chi connectivity index (χ1n) is 6.01. The van der Waals surface area contributed by atoms with E-state index in [2.05, 4.69) is 26.5 Å². The van der Waals surface area contributed by atoms with Crippen LogP contribution in [0.15, 0.2) is 28.9 Å². The molecule has 0 amide bonds. The number of benzene rings is 1. The molecule has 102 valence electrons. The Morgan fingerprint density at radius 3 is 2.84 bits per heavy atom. The van der Waals surface area contributed by atoms with Crippen molar-refractivity contribution in [3.8, 4) is 0 Å². The minimum Gasteiger partial charge on any atom is -0.271 e. The van der Waals surface area contributed by atoms with Gasteiger partial charge in [-0.3, -0.25) is 10.5 Å². The second kappa shape index (κ2) is 5.81. The largest absolute Gasteiger partial charge is 0.271 e. The molecule has 2 rings (SSSR count). The highest BCUT2D eigenvalue weighted by atomic mass is 79.9. The van der Waals surface area contributed by atoms with Gasteiger partial charge in [0.25, 0.3) is 0 Å². The Kier molecular flexibility index (Phi) is 4.34. The fraction of sp³-hybridized carbons (Fsp3) is 0.308. The summed E-state index contributed by atoms with van der Waals surface area (Å²) in [6, 6.07) is 4.80. The molecule has 0 fully saturated rings. The predicted octanol–water partition coefficient (Wildman–Crippen LogP) is 2.67. The lowest BCUT2D eigenvalue weighted by atomic mass is 10.0. The fourth-order valence-corrected chi connectivity index (χ4v) is 2.56. The molecule has 0 saturated carbocycles. The molecule has 0 aliphatic carbocycles. The van der Waals surface area contributed by atoms with Crippen LogP contribution in [0.4, 0.5) is 4.39 Å². The number of aromatic nitrogens is 2. The molecule has 1 heterocycles. The Hall–Kier alpha value is -1.24. The molecule has 3 N–H and O–H groups in total. The van der Waals surface area contributed by atoms with Crippen LogP contribution in [0.5, 0.6) is 0 Å². The summed E-state index contributed by atoms with van der Waals surface area (Å²) in [7, 11) is 0. The van der Waals surface area contributed by atoms with Gasteiger partial charge in [-0.05, 0) is 47.0 Å². The molecular formula is C13H16BrFN4. The minimum atomic E-state index is -0.313. The molecule has 1 atom stereocenters. The topological polar surface area (TPSA) is 55.9 Å². The highest BCUT2D eigenvalue weighted by molar-refractivity contribution is 9.10. The molecule has 0 aliphatic rings. The number of aryl methyl sites for hydroxylation is 2. The first-order chi connectivity index (χ1) is 9.08. The van der Waals surface area contributed by atoms with Gasteiger partial charge in [0.2, 0.25) is 0 Å². The molecular weight excluding hydrogens is 311 g/mol. The van der Waals surface area contributed by atoms with E-state index in [1.807, 2.05) is 17.7 Å². The van der Waals surface area contributed by atoms with Gasteiger partial charge in [-0.15, -0.1) is 0 Å². The third-order valence-corrected chi connectivity index (χ3v) is 3.71. The van der Waals surface area contributed by atoms with Crippen LogP contribution in [0.2, 0.25) is 0 Å². The summed E-state index contributed by atoms with van der Waals surface area (Å²) in [6.45, 7) is 4.44. The highest BCUT2D eigenvalue weighted by Crippen LogP contribution is 2.28. The summed E-state index contributed by atoms with van der Waals surface area (Å²) >= 11 is 3.46. The first kappa shape index (κ1) is 14.2. The van der Waals surface area contributed by atoms with Crippen molar-refractivity contribution in [1.82, 2.24) is 15.2 Å². The number of hydrogen-bond acceptors (Lipinski definition) is 3. The zero-order valence-electron chi connectivity index (χ0n) is 10.8. The van der Waals surface area contributed by atoms with Crippen molar-refractivity contribution in [3.63, 3.8) is 0 Å². The number of nitrogens with two attached hydrogens (primary N) is 1.